The fourth-order valence-electron chi connectivity index (χ4n) is 1.55. The third-order valence-electron chi connectivity index (χ3n) is 2.41. The van der Waals surface area contributed by atoms with Gasteiger partial charge in [0.05, 0.1) is 13.2 Å². The molecule has 4 nitrogen and oxygen atoms in total. The number of hydrogen-bond acceptors (Lipinski definition) is 4. The van der Waals surface area contributed by atoms with Crippen LogP contribution in [0.15, 0.2) is 29.2 Å². The van der Waals surface area contributed by atoms with Gasteiger partial charge in [-0.15, -0.1) is 0 Å². The van der Waals surface area contributed by atoms with E-state index in [0.717, 1.165) is 5.56 Å². The minimum Gasteiger partial charge on any atom is -0.768 e. The molecule has 1 fully saturated rings. The second-order valence-electron chi connectivity index (χ2n) is 3.40. The van der Waals surface area contributed by atoms with Gasteiger partial charge in [0.2, 0.25) is 0 Å². The Kier molecular flexibility index (Phi) is 5.12. The van der Waals surface area contributed by atoms with Gasteiger partial charge in [-0.05, 0) is 30.1 Å². The van der Waals surface area contributed by atoms with Crippen LogP contribution in [-0.4, -0.2) is 22.0 Å². The zero-order valence-corrected chi connectivity index (χ0v) is 12.1. The van der Waals surface area contributed by atoms with E-state index in [4.69, 9.17) is 9.47 Å². The zero-order chi connectivity index (χ0) is 10.9. The van der Waals surface area contributed by atoms with Gasteiger partial charge in [0.1, 0.15) is 0 Å². The maximum atomic E-state index is 10.7. The van der Waals surface area contributed by atoms with Gasteiger partial charge in [0.25, 0.3) is 0 Å². The first-order valence-corrected chi connectivity index (χ1v) is 5.67. The van der Waals surface area contributed by atoms with Crippen molar-refractivity contribution < 1.29 is 47.8 Å². The van der Waals surface area contributed by atoms with Crippen LogP contribution in [0.25, 0.3) is 0 Å². The second kappa shape index (κ2) is 5.73. The van der Waals surface area contributed by atoms with Crippen molar-refractivity contribution in [3.63, 3.8) is 0 Å². The Morgan fingerprint density at radius 1 is 1.25 bits per heavy atom. The molecule has 0 bridgehead atoms. The summed E-state index contributed by atoms with van der Waals surface area (Å²) in [5, 5.41) is 0. The van der Waals surface area contributed by atoms with Crippen LogP contribution in [0.4, 0.5) is 0 Å². The molecule has 82 valence electrons. The largest absolute Gasteiger partial charge is 1.00 e. The molecule has 1 atom stereocenters. The van der Waals surface area contributed by atoms with Crippen molar-refractivity contribution in [2.75, 3.05) is 13.2 Å². The molecule has 1 unspecified atom stereocenters. The van der Waals surface area contributed by atoms with Gasteiger partial charge >= 0.3 is 29.6 Å². The quantitative estimate of drug-likeness (QED) is 0.456. The number of rotatable bonds is 2. The Balaban J connectivity index is 0.00000128. The molecule has 2 rings (SSSR count). The fraction of sp³-hybridized carbons (Fsp3) is 0.400. The van der Waals surface area contributed by atoms with Crippen LogP contribution >= 0.6 is 0 Å². The predicted octanol–water partition coefficient (Wildman–Crippen LogP) is -1.85. The number of benzene rings is 1. The summed E-state index contributed by atoms with van der Waals surface area (Å²) in [4.78, 5) is 0.264. The third kappa shape index (κ3) is 2.92. The Hall–Kier alpha value is 0.250. The molecule has 0 aromatic heterocycles. The molecule has 6 heteroatoms. The van der Waals surface area contributed by atoms with Crippen molar-refractivity contribution in [2.45, 2.75) is 17.6 Å². The van der Waals surface area contributed by atoms with E-state index in [1.165, 1.54) is 12.1 Å². The van der Waals surface area contributed by atoms with Crippen LogP contribution < -0.4 is 29.6 Å². The molecule has 0 saturated carbocycles. The van der Waals surface area contributed by atoms with E-state index in [0.29, 0.717) is 13.2 Å². The summed E-state index contributed by atoms with van der Waals surface area (Å²) >= 11 is -2.18. The van der Waals surface area contributed by atoms with Gasteiger partial charge in [-0.2, -0.15) is 0 Å². The molecular weight excluding hydrogens is 239 g/mol. The van der Waals surface area contributed by atoms with Crippen LogP contribution in [0, 0.1) is 0 Å². The molecule has 1 aromatic carbocycles. The van der Waals surface area contributed by atoms with Gasteiger partial charge in [-0.1, -0.05) is 12.1 Å². The molecule has 16 heavy (non-hydrogen) atoms. The molecule has 1 aromatic rings. The summed E-state index contributed by atoms with van der Waals surface area (Å²) < 4.78 is 32.2. The van der Waals surface area contributed by atoms with Crippen molar-refractivity contribution in [3.8, 4) is 0 Å². The molecule has 0 N–H and O–H groups in total. The van der Waals surface area contributed by atoms with E-state index in [-0.39, 0.29) is 34.5 Å². The van der Waals surface area contributed by atoms with E-state index in [2.05, 4.69) is 0 Å². The van der Waals surface area contributed by atoms with Crippen molar-refractivity contribution in [3.05, 3.63) is 29.8 Å². The van der Waals surface area contributed by atoms with Crippen LogP contribution in [0.1, 0.15) is 12.5 Å². The average molecular weight is 250 g/mol. The van der Waals surface area contributed by atoms with Crippen LogP contribution in [-0.2, 0) is 26.3 Å². The first kappa shape index (κ1) is 14.3. The van der Waals surface area contributed by atoms with Crippen molar-refractivity contribution in [1.29, 1.82) is 0 Å². The Bertz CT molecular complexity index is 373. The topological polar surface area (TPSA) is 58.6 Å². The minimum atomic E-state index is -2.18. The second-order valence-corrected chi connectivity index (χ2v) is 4.34. The predicted molar refractivity (Wildman–Crippen MR) is 52.9 cm³/mol. The van der Waals surface area contributed by atoms with E-state index >= 15 is 0 Å². The molecule has 0 radical (unpaired) electrons. The molecule has 0 spiro atoms. The van der Waals surface area contributed by atoms with Gasteiger partial charge in [0, 0.05) is 10.5 Å². The molecule has 1 heterocycles. The number of ether oxygens (including phenoxy) is 2. The summed E-state index contributed by atoms with van der Waals surface area (Å²) in [6.07, 6.45) is 0. The molecule has 1 aliphatic rings. The zero-order valence-electron chi connectivity index (χ0n) is 9.26. The molecule has 0 aliphatic carbocycles. The van der Waals surface area contributed by atoms with Crippen LogP contribution in [0.3, 0.4) is 0 Å². The molecule has 0 amide bonds. The van der Waals surface area contributed by atoms with Gasteiger partial charge in [-0.25, -0.2) is 0 Å². The molecular formula is C10H11NaO4S. The van der Waals surface area contributed by atoms with Gasteiger partial charge < -0.3 is 14.0 Å². The maximum absolute atomic E-state index is 10.7. The summed E-state index contributed by atoms with van der Waals surface area (Å²) in [5.41, 5.74) is 0.828. The third-order valence-corrected chi connectivity index (χ3v) is 3.07. The summed E-state index contributed by atoms with van der Waals surface area (Å²) in [7, 11) is 0. The fourth-order valence-corrected chi connectivity index (χ4v) is 1.91. The Labute approximate surface area is 119 Å². The van der Waals surface area contributed by atoms with Crippen molar-refractivity contribution in [2.24, 2.45) is 0 Å². The summed E-state index contributed by atoms with van der Waals surface area (Å²) in [5.74, 6) is -0.733. The maximum Gasteiger partial charge on any atom is 1.00 e. The van der Waals surface area contributed by atoms with Crippen LogP contribution in [0.5, 0.6) is 0 Å². The summed E-state index contributed by atoms with van der Waals surface area (Å²) in [6, 6.07) is 6.48. The van der Waals surface area contributed by atoms with Crippen molar-refractivity contribution in [1.82, 2.24) is 0 Å². The van der Waals surface area contributed by atoms with E-state index < -0.39 is 16.9 Å². The average Bonchev–Trinajstić information content (AvgIpc) is 2.67. The van der Waals surface area contributed by atoms with E-state index in [1.807, 2.05) is 6.92 Å². The minimum absolute atomic E-state index is 0. The monoisotopic (exact) mass is 250 g/mol. The SMILES string of the molecule is CC1(c2ccc(S(=O)[O-])cc2)OCCO1.[Na+]. The first-order valence-electron chi connectivity index (χ1n) is 4.59. The first-order chi connectivity index (χ1) is 7.12. The standard InChI is InChI=1S/C10H12O4S.Na/c1-10(13-6-7-14-10)8-2-4-9(5-3-8)15(11)12;/h2-5H,6-7H2,1H3,(H,11,12);/q;+1/p-1. The Morgan fingerprint density at radius 3 is 2.19 bits per heavy atom. The smallest absolute Gasteiger partial charge is 0.768 e. The van der Waals surface area contributed by atoms with Crippen LogP contribution in [0.2, 0.25) is 0 Å². The normalized spacial score (nSPS) is 20.1. The molecule has 1 saturated heterocycles. The molecule has 1 aliphatic heterocycles. The van der Waals surface area contributed by atoms with Gasteiger partial charge in [0.15, 0.2) is 5.79 Å². The van der Waals surface area contributed by atoms with E-state index in [9.17, 15) is 8.76 Å². The number of hydrogen-bond donors (Lipinski definition) is 0. The van der Waals surface area contributed by atoms with Crippen molar-refractivity contribution >= 4 is 11.1 Å². The van der Waals surface area contributed by atoms with E-state index in [1.54, 1.807) is 12.1 Å². The Morgan fingerprint density at radius 2 is 1.75 bits per heavy atom. The summed E-state index contributed by atoms with van der Waals surface area (Å²) in [6.45, 7) is 2.95. The van der Waals surface area contributed by atoms with Gasteiger partial charge in [-0.3, -0.25) is 4.21 Å².